The van der Waals surface area contributed by atoms with Crippen LogP contribution in [0.15, 0.2) is 47.4 Å². The summed E-state index contributed by atoms with van der Waals surface area (Å²) in [6.07, 6.45) is 0. The Bertz CT molecular complexity index is 1360. The van der Waals surface area contributed by atoms with Crippen molar-refractivity contribution in [3.05, 3.63) is 64.2 Å². The summed E-state index contributed by atoms with van der Waals surface area (Å²) >= 11 is 2.37. The van der Waals surface area contributed by atoms with E-state index in [0.29, 0.717) is 15.7 Å². The van der Waals surface area contributed by atoms with E-state index in [4.69, 9.17) is 0 Å². The molecule has 0 bridgehead atoms. The predicted molar refractivity (Wildman–Crippen MR) is 121 cm³/mol. The second kappa shape index (κ2) is 7.78. The summed E-state index contributed by atoms with van der Waals surface area (Å²) in [7, 11) is -3.78. The van der Waals surface area contributed by atoms with Crippen LogP contribution in [-0.4, -0.2) is 24.3 Å². The highest BCUT2D eigenvalue weighted by Gasteiger charge is 2.21. The van der Waals surface area contributed by atoms with Gasteiger partial charge in [-0.25, -0.2) is 18.4 Å². The highest BCUT2D eigenvalue weighted by atomic mass is 32.2. The first-order valence-corrected chi connectivity index (χ1v) is 12.1. The van der Waals surface area contributed by atoms with E-state index in [1.807, 2.05) is 32.0 Å². The number of fused-ring (bicyclic) bond motifs is 1. The van der Waals surface area contributed by atoms with Crippen LogP contribution in [0.25, 0.3) is 10.2 Å². The predicted octanol–water partition coefficient (Wildman–Crippen LogP) is 4.73. The average molecular weight is 459 g/mol. The molecule has 30 heavy (non-hydrogen) atoms. The number of thiazole rings is 2. The molecule has 0 atom stereocenters. The molecule has 0 aliphatic heterocycles. The van der Waals surface area contributed by atoms with E-state index in [1.165, 1.54) is 23.5 Å². The molecule has 0 unspecified atom stereocenters. The number of rotatable bonds is 5. The molecule has 2 aromatic carbocycles. The third-order valence-electron chi connectivity index (χ3n) is 4.32. The van der Waals surface area contributed by atoms with Gasteiger partial charge in [0.15, 0.2) is 10.3 Å². The molecule has 0 aliphatic rings. The van der Waals surface area contributed by atoms with E-state index < -0.39 is 10.0 Å². The van der Waals surface area contributed by atoms with Crippen molar-refractivity contribution in [3.63, 3.8) is 0 Å². The molecule has 0 aliphatic carbocycles. The lowest BCUT2D eigenvalue weighted by molar-refractivity contribution is 0.103. The average Bonchev–Trinajstić information content (AvgIpc) is 3.23. The van der Waals surface area contributed by atoms with Crippen LogP contribution in [0.4, 0.5) is 10.3 Å². The molecule has 7 nitrogen and oxygen atoms in total. The third-order valence-corrected chi connectivity index (χ3v) is 7.81. The SMILES string of the molecule is Cc1ccc(S(=O)(=O)Nc2nc(C)c(C(=O)Nc3nc4ccc(C)cc4s3)s2)cc1. The molecule has 2 aromatic heterocycles. The van der Waals surface area contributed by atoms with E-state index in [1.54, 1.807) is 19.1 Å². The molecule has 4 rings (SSSR count). The van der Waals surface area contributed by atoms with Crippen molar-refractivity contribution in [2.45, 2.75) is 25.7 Å². The smallest absolute Gasteiger partial charge is 0.269 e. The maximum atomic E-state index is 12.7. The summed E-state index contributed by atoms with van der Waals surface area (Å²) in [5.41, 5.74) is 3.33. The molecule has 2 N–H and O–H groups in total. The highest BCUT2D eigenvalue weighted by Crippen LogP contribution is 2.29. The van der Waals surface area contributed by atoms with Gasteiger partial charge in [-0.3, -0.25) is 14.8 Å². The number of benzene rings is 2. The van der Waals surface area contributed by atoms with Crippen molar-refractivity contribution in [2.75, 3.05) is 10.0 Å². The maximum absolute atomic E-state index is 12.7. The van der Waals surface area contributed by atoms with Gasteiger partial charge in [0.25, 0.3) is 15.9 Å². The van der Waals surface area contributed by atoms with Crippen LogP contribution >= 0.6 is 22.7 Å². The Morgan fingerprint density at radius 1 is 0.900 bits per heavy atom. The second-order valence-electron chi connectivity index (χ2n) is 6.80. The Balaban J connectivity index is 1.54. The van der Waals surface area contributed by atoms with Crippen LogP contribution in [0.1, 0.15) is 26.5 Å². The largest absolute Gasteiger partial charge is 0.297 e. The lowest BCUT2D eigenvalue weighted by atomic mass is 10.2. The number of hydrogen-bond donors (Lipinski definition) is 2. The number of hydrogen-bond acceptors (Lipinski definition) is 7. The molecule has 0 radical (unpaired) electrons. The zero-order chi connectivity index (χ0) is 21.5. The van der Waals surface area contributed by atoms with E-state index in [0.717, 1.165) is 32.7 Å². The number of nitrogens with zero attached hydrogens (tertiary/aromatic N) is 2. The van der Waals surface area contributed by atoms with Crippen LogP contribution < -0.4 is 10.0 Å². The molecule has 0 fully saturated rings. The fraction of sp³-hybridized carbons (Fsp3) is 0.150. The first-order valence-electron chi connectivity index (χ1n) is 8.97. The van der Waals surface area contributed by atoms with Gasteiger partial charge in [0.05, 0.1) is 20.8 Å². The summed E-state index contributed by atoms with van der Waals surface area (Å²) in [6, 6.07) is 12.4. The van der Waals surface area contributed by atoms with E-state index in [9.17, 15) is 13.2 Å². The van der Waals surface area contributed by atoms with Crippen LogP contribution in [0, 0.1) is 20.8 Å². The van der Waals surface area contributed by atoms with Gasteiger partial charge in [0, 0.05) is 0 Å². The van der Waals surface area contributed by atoms with Crippen molar-refractivity contribution in [1.29, 1.82) is 0 Å². The second-order valence-corrected chi connectivity index (χ2v) is 10.5. The molecular formula is C20H18N4O3S3. The minimum atomic E-state index is -3.78. The van der Waals surface area contributed by atoms with Gasteiger partial charge in [0.2, 0.25) is 0 Å². The Kier molecular flexibility index (Phi) is 5.31. The van der Waals surface area contributed by atoms with Gasteiger partial charge in [-0.1, -0.05) is 46.4 Å². The summed E-state index contributed by atoms with van der Waals surface area (Å²) in [6.45, 7) is 5.54. The van der Waals surface area contributed by atoms with Crippen LogP contribution in [0.2, 0.25) is 0 Å². The molecule has 10 heteroatoms. The molecule has 2 heterocycles. The molecule has 0 saturated heterocycles. The fourth-order valence-corrected chi connectivity index (χ4v) is 5.84. The zero-order valence-electron chi connectivity index (χ0n) is 16.4. The van der Waals surface area contributed by atoms with Crippen molar-refractivity contribution in [2.24, 2.45) is 0 Å². The minimum absolute atomic E-state index is 0.136. The number of carbonyl (C=O) groups excluding carboxylic acids is 1. The highest BCUT2D eigenvalue weighted by molar-refractivity contribution is 7.93. The third kappa shape index (κ3) is 4.20. The Morgan fingerprint density at radius 2 is 1.60 bits per heavy atom. The monoisotopic (exact) mass is 458 g/mol. The summed E-state index contributed by atoms with van der Waals surface area (Å²) in [4.78, 5) is 21.8. The van der Waals surface area contributed by atoms with Gasteiger partial charge in [0.1, 0.15) is 4.88 Å². The van der Waals surface area contributed by atoms with Crippen molar-refractivity contribution >= 4 is 59.1 Å². The zero-order valence-corrected chi connectivity index (χ0v) is 18.8. The number of aromatic nitrogens is 2. The van der Waals surface area contributed by atoms with Crippen molar-refractivity contribution < 1.29 is 13.2 Å². The number of carbonyl (C=O) groups is 1. The lowest BCUT2D eigenvalue weighted by Gasteiger charge is -2.05. The van der Waals surface area contributed by atoms with Gasteiger partial charge < -0.3 is 0 Å². The molecule has 154 valence electrons. The molecule has 0 spiro atoms. The number of amides is 1. The first kappa shape index (κ1) is 20.5. The summed E-state index contributed by atoms with van der Waals surface area (Å²) < 4.78 is 28.6. The van der Waals surface area contributed by atoms with Crippen molar-refractivity contribution in [1.82, 2.24) is 9.97 Å². The van der Waals surface area contributed by atoms with E-state index in [2.05, 4.69) is 20.0 Å². The van der Waals surface area contributed by atoms with E-state index in [-0.39, 0.29) is 15.9 Å². The van der Waals surface area contributed by atoms with Crippen LogP contribution in [-0.2, 0) is 10.0 Å². The normalized spacial score (nSPS) is 11.6. The Labute approximate surface area is 181 Å². The Hall–Kier alpha value is -2.82. The van der Waals surface area contributed by atoms with Crippen molar-refractivity contribution in [3.8, 4) is 0 Å². The van der Waals surface area contributed by atoms with Gasteiger partial charge in [-0.05, 0) is 50.6 Å². The van der Waals surface area contributed by atoms with Gasteiger partial charge >= 0.3 is 0 Å². The van der Waals surface area contributed by atoms with Crippen LogP contribution in [0.5, 0.6) is 0 Å². The molecule has 0 saturated carbocycles. The Morgan fingerprint density at radius 3 is 2.33 bits per heavy atom. The minimum Gasteiger partial charge on any atom is -0.297 e. The van der Waals surface area contributed by atoms with Gasteiger partial charge in [-0.2, -0.15) is 0 Å². The number of anilines is 2. The van der Waals surface area contributed by atoms with E-state index >= 15 is 0 Å². The number of aryl methyl sites for hydroxylation is 3. The number of sulfonamides is 1. The standard InChI is InChI=1S/C20H18N4O3S3/c1-11-4-7-14(8-5-11)30(26,27)24-20-21-13(3)17(29-20)18(25)23-19-22-15-9-6-12(2)10-16(15)28-19/h4-10H,1-3H3,(H,21,24)(H,22,23,25). The first-order chi connectivity index (χ1) is 14.2. The number of nitrogens with one attached hydrogen (secondary N) is 2. The molecular weight excluding hydrogens is 440 g/mol. The lowest BCUT2D eigenvalue weighted by Crippen LogP contribution is -2.12. The summed E-state index contributed by atoms with van der Waals surface area (Å²) in [5.74, 6) is -0.374. The maximum Gasteiger partial charge on any atom is 0.269 e. The summed E-state index contributed by atoms with van der Waals surface area (Å²) in [5, 5.41) is 3.40. The topological polar surface area (TPSA) is 101 Å². The fourth-order valence-electron chi connectivity index (χ4n) is 2.78. The van der Waals surface area contributed by atoms with Gasteiger partial charge in [-0.15, -0.1) is 0 Å². The molecule has 1 amide bonds. The molecule has 4 aromatic rings. The quantitative estimate of drug-likeness (QED) is 0.450. The van der Waals surface area contributed by atoms with Crippen LogP contribution in [0.3, 0.4) is 0 Å².